The molecular formula is C27H23Cl2F2NO7. The predicted molar refractivity (Wildman–Crippen MR) is 136 cm³/mol. The van der Waals surface area contributed by atoms with E-state index in [4.69, 9.17) is 42.1 Å². The van der Waals surface area contributed by atoms with Gasteiger partial charge in [-0.2, -0.15) is 13.5 Å². The zero-order valence-corrected chi connectivity index (χ0v) is 21.9. The van der Waals surface area contributed by atoms with Crippen LogP contribution >= 0.6 is 23.2 Å². The highest BCUT2D eigenvalue weighted by atomic mass is 35.5. The number of fused-ring (bicyclic) bond motifs is 1. The Labute approximate surface area is 232 Å². The van der Waals surface area contributed by atoms with Crippen LogP contribution in [0.5, 0.6) is 23.0 Å². The highest BCUT2D eigenvalue weighted by molar-refractivity contribution is 6.35. The van der Waals surface area contributed by atoms with Crippen molar-refractivity contribution in [3.8, 4) is 23.0 Å². The van der Waals surface area contributed by atoms with Crippen LogP contribution in [0.25, 0.3) is 0 Å². The molecule has 0 saturated heterocycles. The lowest BCUT2D eigenvalue weighted by atomic mass is 10.0. The van der Waals surface area contributed by atoms with Gasteiger partial charge in [0, 0.05) is 12.0 Å². The van der Waals surface area contributed by atoms with Crippen LogP contribution in [0.1, 0.15) is 40.4 Å². The van der Waals surface area contributed by atoms with Gasteiger partial charge in [-0.15, -0.1) is 0 Å². The molecule has 0 bridgehead atoms. The van der Waals surface area contributed by atoms with Crippen LogP contribution in [0, 0.1) is 11.1 Å². The molecule has 5 rings (SSSR count). The molecule has 1 aliphatic carbocycles. The third kappa shape index (κ3) is 6.75. The van der Waals surface area contributed by atoms with E-state index in [1.807, 2.05) is 0 Å². The Balaban J connectivity index is 1.48. The zero-order chi connectivity index (χ0) is 27.5. The summed E-state index contributed by atoms with van der Waals surface area (Å²) in [4.78, 5) is 13.3. The number of hydrogen-bond donors (Lipinski definition) is 0. The molecule has 1 aliphatic heterocycles. The summed E-state index contributed by atoms with van der Waals surface area (Å²) in [5, 5.41) is 11.9. The Kier molecular flexibility index (Phi) is 8.13. The number of nitrogens with zero attached hydrogens (tertiary/aromatic N) is 1. The van der Waals surface area contributed by atoms with Crippen molar-refractivity contribution in [1.29, 1.82) is 0 Å². The van der Waals surface area contributed by atoms with Gasteiger partial charge >= 0.3 is 12.6 Å². The van der Waals surface area contributed by atoms with Crippen molar-refractivity contribution >= 4 is 29.2 Å². The molecule has 2 aromatic carbocycles. The minimum Gasteiger partial charge on any atom is -0.619 e. The van der Waals surface area contributed by atoms with Gasteiger partial charge in [-0.25, -0.2) is 4.79 Å². The third-order valence-corrected chi connectivity index (χ3v) is 6.85. The number of esters is 1. The molecule has 1 saturated carbocycles. The van der Waals surface area contributed by atoms with Gasteiger partial charge in [-0.05, 0) is 54.7 Å². The topological polar surface area (TPSA) is 90.2 Å². The van der Waals surface area contributed by atoms with Crippen molar-refractivity contribution in [2.45, 2.75) is 32.0 Å². The molecule has 0 N–H and O–H groups in total. The second kappa shape index (κ2) is 11.7. The number of hydrogen-bond acceptors (Lipinski definition) is 7. The lowest BCUT2D eigenvalue weighted by Crippen LogP contribution is -2.25. The third-order valence-electron chi connectivity index (χ3n) is 6.20. The number of pyridine rings is 1. The summed E-state index contributed by atoms with van der Waals surface area (Å²) >= 11 is 12.6. The standard InChI is InChI=1S/C27H23Cl2F2NO7/c28-19-12-32(34)13-20(29)18(19)11-23(38-26(33)17-4-5-21-24(10-17)36-8-7-35-21)16-3-6-22(39-27(30)31)25(9-16)37-14-15-1-2-15/h3-6,9-10,12-13,15,23,27H,1-2,7-8,11,14H2. The predicted octanol–water partition coefficient (Wildman–Crippen LogP) is 5.93. The normalized spacial score (nSPS) is 15.1. The largest absolute Gasteiger partial charge is 0.619 e. The van der Waals surface area contributed by atoms with E-state index in [1.54, 1.807) is 12.1 Å². The number of carbonyl (C=O) groups excluding carboxylic acids is 1. The molecule has 1 fully saturated rings. The molecule has 1 unspecified atom stereocenters. The van der Waals surface area contributed by atoms with E-state index in [9.17, 15) is 18.8 Å². The summed E-state index contributed by atoms with van der Waals surface area (Å²) in [6.45, 7) is -1.97. The van der Waals surface area contributed by atoms with Crippen molar-refractivity contribution in [2.24, 2.45) is 5.92 Å². The summed E-state index contributed by atoms with van der Waals surface area (Å²) in [5.74, 6) is 0.517. The van der Waals surface area contributed by atoms with Crippen LogP contribution in [0.4, 0.5) is 8.78 Å². The molecule has 2 aliphatic rings. The van der Waals surface area contributed by atoms with Crippen LogP contribution in [0.3, 0.4) is 0 Å². The summed E-state index contributed by atoms with van der Waals surface area (Å²) < 4.78 is 53.9. The van der Waals surface area contributed by atoms with Gasteiger partial charge in [0.05, 0.1) is 12.2 Å². The van der Waals surface area contributed by atoms with Crippen molar-refractivity contribution in [2.75, 3.05) is 19.8 Å². The highest BCUT2D eigenvalue weighted by Crippen LogP contribution is 2.38. The van der Waals surface area contributed by atoms with E-state index in [0.29, 0.717) is 53.1 Å². The Morgan fingerprint density at radius 2 is 1.74 bits per heavy atom. The Bertz CT molecular complexity index is 1350. The number of alkyl halides is 2. The Morgan fingerprint density at radius 1 is 1.03 bits per heavy atom. The van der Waals surface area contributed by atoms with Crippen LogP contribution in [0.2, 0.25) is 10.0 Å². The van der Waals surface area contributed by atoms with Gasteiger partial charge in [0.15, 0.2) is 35.4 Å². The van der Waals surface area contributed by atoms with Crippen molar-refractivity contribution in [1.82, 2.24) is 0 Å². The van der Waals surface area contributed by atoms with Crippen molar-refractivity contribution in [3.05, 3.63) is 80.7 Å². The second-order valence-electron chi connectivity index (χ2n) is 9.09. The highest BCUT2D eigenvalue weighted by Gasteiger charge is 2.27. The maximum Gasteiger partial charge on any atom is 0.387 e. The van der Waals surface area contributed by atoms with E-state index in [1.165, 1.54) is 24.3 Å². The van der Waals surface area contributed by atoms with Gasteiger partial charge in [0.1, 0.15) is 29.4 Å². The van der Waals surface area contributed by atoms with Crippen molar-refractivity contribution < 1.29 is 42.0 Å². The number of carbonyl (C=O) groups is 1. The molecule has 0 amide bonds. The first-order valence-electron chi connectivity index (χ1n) is 12.2. The average Bonchev–Trinajstić information content (AvgIpc) is 3.73. The SMILES string of the molecule is O=C(OC(Cc1c(Cl)c[n+]([O-])cc1Cl)c1ccc(OC(F)F)c(OCC2CC2)c1)c1ccc2c(c1)OCCO2. The van der Waals surface area contributed by atoms with Gasteiger partial charge in [0.25, 0.3) is 0 Å². The summed E-state index contributed by atoms with van der Waals surface area (Å²) in [6.07, 6.45) is 3.23. The molecule has 1 atom stereocenters. The fourth-order valence-electron chi connectivity index (χ4n) is 4.03. The fraction of sp³-hybridized carbons (Fsp3) is 0.333. The molecule has 8 nitrogen and oxygen atoms in total. The molecule has 0 spiro atoms. The minimum atomic E-state index is -3.05. The molecule has 3 aromatic rings. The van der Waals surface area contributed by atoms with E-state index >= 15 is 0 Å². The number of benzene rings is 2. The quantitative estimate of drug-likeness (QED) is 0.166. The van der Waals surface area contributed by atoms with E-state index in [2.05, 4.69) is 4.74 Å². The molecule has 1 aromatic heterocycles. The average molecular weight is 582 g/mol. The maximum absolute atomic E-state index is 13.3. The number of ether oxygens (including phenoxy) is 5. The molecule has 0 radical (unpaired) electrons. The first-order chi connectivity index (χ1) is 18.8. The summed E-state index contributed by atoms with van der Waals surface area (Å²) in [6, 6.07) is 8.97. The van der Waals surface area contributed by atoms with Crippen LogP contribution in [0.15, 0.2) is 48.8 Å². The van der Waals surface area contributed by atoms with Gasteiger partial charge in [-0.1, -0.05) is 29.3 Å². The molecule has 206 valence electrons. The number of aromatic nitrogens is 1. The smallest absolute Gasteiger partial charge is 0.387 e. The van der Waals surface area contributed by atoms with E-state index in [0.717, 1.165) is 25.2 Å². The van der Waals surface area contributed by atoms with Crippen molar-refractivity contribution in [3.63, 3.8) is 0 Å². The number of rotatable bonds is 10. The zero-order valence-electron chi connectivity index (χ0n) is 20.4. The molecule has 12 heteroatoms. The van der Waals surface area contributed by atoms with E-state index < -0.39 is 18.7 Å². The monoisotopic (exact) mass is 581 g/mol. The van der Waals surface area contributed by atoms with Crippen LogP contribution in [-0.4, -0.2) is 32.4 Å². The second-order valence-corrected chi connectivity index (χ2v) is 9.90. The molecule has 2 heterocycles. The molecule has 39 heavy (non-hydrogen) atoms. The fourth-order valence-corrected chi connectivity index (χ4v) is 4.63. The lowest BCUT2D eigenvalue weighted by Gasteiger charge is -2.22. The first kappa shape index (κ1) is 27.1. The summed E-state index contributed by atoms with van der Waals surface area (Å²) in [5.41, 5.74) is 0.979. The number of halogens is 4. The Hall–Kier alpha value is -3.50. The Morgan fingerprint density at radius 3 is 2.44 bits per heavy atom. The lowest BCUT2D eigenvalue weighted by molar-refractivity contribution is -0.605. The summed E-state index contributed by atoms with van der Waals surface area (Å²) in [7, 11) is 0. The van der Waals surface area contributed by atoms with Crippen LogP contribution in [-0.2, 0) is 11.2 Å². The van der Waals surface area contributed by atoms with Gasteiger partial charge < -0.3 is 28.9 Å². The molecular weight excluding hydrogens is 559 g/mol. The van der Waals surface area contributed by atoms with Gasteiger partial charge in [-0.3, -0.25) is 0 Å². The maximum atomic E-state index is 13.3. The van der Waals surface area contributed by atoms with Crippen LogP contribution < -0.4 is 23.7 Å². The minimum absolute atomic E-state index is 0.0219. The van der Waals surface area contributed by atoms with E-state index in [-0.39, 0.29) is 33.5 Å². The first-order valence-corrected chi connectivity index (χ1v) is 12.9. The van der Waals surface area contributed by atoms with Gasteiger partial charge in [0.2, 0.25) is 0 Å².